The molecule has 0 saturated heterocycles. The average molecular weight is 264 g/mol. The Bertz CT molecular complexity index is 420. The van der Waals surface area contributed by atoms with Crippen LogP contribution in [0.2, 0.25) is 0 Å². The first kappa shape index (κ1) is 15.2. The zero-order valence-corrected chi connectivity index (χ0v) is 11.3. The number of carbonyl (C=O) groups excluding carboxylic acids is 1. The third kappa shape index (κ3) is 5.09. The second-order valence-electron chi connectivity index (χ2n) is 4.40. The largest absolute Gasteiger partial charge is 0.480 e. The molecule has 0 bridgehead atoms. The number of para-hydroxylation sites is 1. The van der Waals surface area contributed by atoms with Gasteiger partial charge in [0.15, 0.2) is 0 Å². The Kier molecular flexibility index (Phi) is 6.02. The molecule has 0 aliphatic rings. The van der Waals surface area contributed by atoms with Gasteiger partial charge < -0.3 is 15.3 Å². The summed E-state index contributed by atoms with van der Waals surface area (Å²) in [6.45, 7) is 3.81. The normalized spacial score (nSPS) is 11.9. The Labute approximate surface area is 113 Å². The van der Waals surface area contributed by atoms with Crippen molar-refractivity contribution in [2.24, 2.45) is 0 Å². The van der Waals surface area contributed by atoms with Crippen molar-refractivity contribution in [2.75, 3.05) is 18.0 Å². The predicted molar refractivity (Wildman–Crippen MR) is 74.2 cm³/mol. The van der Waals surface area contributed by atoms with Crippen molar-refractivity contribution in [1.82, 2.24) is 5.32 Å². The fraction of sp³-hybridized carbons (Fsp3) is 0.429. The van der Waals surface area contributed by atoms with Crippen LogP contribution in [0, 0.1) is 0 Å². The second kappa shape index (κ2) is 7.53. The van der Waals surface area contributed by atoms with Crippen molar-refractivity contribution < 1.29 is 14.7 Å². The lowest BCUT2D eigenvalue weighted by Gasteiger charge is -2.22. The zero-order chi connectivity index (χ0) is 14.3. The minimum atomic E-state index is -1.03. The summed E-state index contributed by atoms with van der Waals surface area (Å²) in [7, 11) is 0. The van der Waals surface area contributed by atoms with Crippen molar-refractivity contribution in [2.45, 2.75) is 26.3 Å². The van der Waals surface area contributed by atoms with Gasteiger partial charge in [-0.3, -0.25) is 9.59 Å². The van der Waals surface area contributed by atoms with E-state index < -0.39 is 5.97 Å². The van der Waals surface area contributed by atoms with E-state index in [2.05, 4.69) is 5.32 Å². The van der Waals surface area contributed by atoms with Gasteiger partial charge in [0.1, 0.15) is 6.54 Å². The van der Waals surface area contributed by atoms with E-state index in [1.807, 2.05) is 19.9 Å². The number of carbonyl (C=O) groups is 2. The predicted octanol–water partition coefficient (Wildman–Crippen LogP) is 1.49. The molecule has 1 amide bonds. The summed E-state index contributed by atoms with van der Waals surface area (Å²) in [6.07, 6.45) is 0.914. The number of hydrogen-bond donors (Lipinski definition) is 2. The molecule has 0 aromatic heterocycles. The molecule has 0 saturated carbocycles. The molecule has 0 aliphatic carbocycles. The molecule has 1 aromatic rings. The fourth-order valence-corrected chi connectivity index (χ4v) is 1.57. The molecule has 1 aromatic carbocycles. The maximum absolute atomic E-state index is 12.1. The Balaban J connectivity index is 2.74. The Morgan fingerprint density at radius 1 is 1.32 bits per heavy atom. The highest BCUT2D eigenvalue weighted by Crippen LogP contribution is 2.13. The number of carboxylic acid groups (broad SMARTS) is 1. The van der Waals surface area contributed by atoms with Crippen molar-refractivity contribution in [1.29, 1.82) is 0 Å². The van der Waals surface area contributed by atoms with Gasteiger partial charge in [-0.25, -0.2) is 0 Å². The average Bonchev–Trinajstić information content (AvgIpc) is 2.42. The van der Waals surface area contributed by atoms with Gasteiger partial charge in [0, 0.05) is 11.7 Å². The summed E-state index contributed by atoms with van der Waals surface area (Å²) in [5.41, 5.74) is 0.598. The lowest BCUT2D eigenvalue weighted by atomic mass is 10.2. The van der Waals surface area contributed by atoms with E-state index in [0.717, 1.165) is 6.42 Å². The first-order valence-electron chi connectivity index (χ1n) is 6.35. The van der Waals surface area contributed by atoms with E-state index in [9.17, 15) is 9.59 Å². The molecule has 5 heteroatoms. The summed E-state index contributed by atoms with van der Waals surface area (Å²) >= 11 is 0. The third-order valence-corrected chi connectivity index (χ3v) is 2.88. The Hall–Kier alpha value is -1.88. The van der Waals surface area contributed by atoms with Gasteiger partial charge in [-0.05, 0) is 25.5 Å². The maximum atomic E-state index is 12.1. The number of carboxylic acids is 1. The Morgan fingerprint density at radius 2 is 1.95 bits per heavy atom. The SMILES string of the molecule is CCC(C)NCC(=O)N(CC(=O)O)c1ccccc1. The van der Waals surface area contributed by atoms with Crippen LogP contribution in [0.15, 0.2) is 30.3 Å². The number of nitrogens with one attached hydrogen (secondary N) is 1. The number of aliphatic carboxylic acids is 1. The van der Waals surface area contributed by atoms with Gasteiger partial charge in [0.2, 0.25) is 5.91 Å². The molecular formula is C14H20N2O3. The topological polar surface area (TPSA) is 69.6 Å². The number of hydrogen-bond acceptors (Lipinski definition) is 3. The van der Waals surface area contributed by atoms with Gasteiger partial charge in [0.05, 0.1) is 6.54 Å². The molecule has 0 spiro atoms. The van der Waals surface area contributed by atoms with Crippen molar-refractivity contribution in [3.63, 3.8) is 0 Å². The minimum Gasteiger partial charge on any atom is -0.480 e. The van der Waals surface area contributed by atoms with Crippen LogP contribution in [0.25, 0.3) is 0 Å². The van der Waals surface area contributed by atoms with Crippen LogP contribution >= 0.6 is 0 Å². The fourth-order valence-electron chi connectivity index (χ4n) is 1.57. The van der Waals surface area contributed by atoms with E-state index in [1.165, 1.54) is 4.90 Å². The summed E-state index contributed by atoms with van der Waals surface area (Å²) in [4.78, 5) is 24.2. The molecule has 2 N–H and O–H groups in total. The van der Waals surface area contributed by atoms with E-state index in [-0.39, 0.29) is 25.0 Å². The highest BCUT2D eigenvalue weighted by Gasteiger charge is 2.18. The molecule has 1 rings (SSSR count). The minimum absolute atomic E-state index is 0.136. The molecule has 0 heterocycles. The van der Waals surface area contributed by atoms with E-state index >= 15 is 0 Å². The first-order valence-corrected chi connectivity index (χ1v) is 6.35. The molecule has 0 fully saturated rings. The number of benzene rings is 1. The van der Waals surface area contributed by atoms with E-state index in [4.69, 9.17) is 5.11 Å². The third-order valence-electron chi connectivity index (χ3n) is 2.88. The first-order chi connectivity index (χ1) is 9.04. The summed E-state index contributed by atoms with van der Waals surface area (Å²) in [5.74, 6) is -1.27. The smallest absolute Gasteiger partial charge is 0.323 e. The summed E-state index contributed by atoms with van der Waals surface area (Å²) < 4.78 is 0. The zero-order valence-electron chi connectivity index (χ0n) is 11.3. The summed E-state index contributed by atoms with van der Waals surface area (Å²) in [5, 5.41) is 12.0. The van der Waals surface area contributed by atoms with Crippen LogP contribution in [0.4, 0.5) is 5.69 Å². The quantitative estimate of drug-likeness (QED) is 0.783. The molecule has 104 valence electrons. The molecule has 5 nitrogen and oxygen atoms in total. The van der Waals surface area contributed by atoms with Crippen LogP contribution in [-0.2, 0) is 9.59 Å². The van der Waals surface area contributed by atoms with Crippen LogP contribution in [0.1, 0.15) is 20.3 Å². The van der Waals surface area contributed by atoms with Crippen LogP contribution in [0.3, 0.4) is 0 Å². The molecule has 0 radical (unpaired) electrons. The van der Waals surface area contributed by atoms with Gasteiger partial charge in [-0.15, -0.1) is 0 Å². The van der Waals surface area contributed by atoms with Crippen LogP contribution in [0.5, 0.6) is 0 Å². The number of amides is 1. The summed E-state index contributed by atoms with van der Waals surface area (Å²) in [6, 6.07) is 9.06. The van der Waals surface area contributed by atoms with Gasteiger partial charge >= 0.3 is 5.97 Å². The second-order valence-corrected chi connectivity index (χ2v) is 4.40. The lowest BCUT2D eigenvalue weighted by Crippen LogP contribution is -2.43. The standard InChI is InChI=1S/C14H20N2O3/c1-3-11(2)15-9-13(17)16(10-14(18)19)12-7-5-4-6-8-12/h4-8,11,15H,3,9-10H2,1-2H3,(H,18,19). The monoisotopic (exact) mass is 264 g/mol. The number of nitrogens with zero attached hydrogens (tertiary/aromatic N) is 1. The Morgan fingerprint density at radius 3 is 2.47 bits per heavy atom. The van der Waals surface area contributed by atoms with Gasteiger partial charge in [-0.1, -0.05) is 25.1 Å². The van der Waals surface area contributed by atoms with Gasteiger partial charge in [-0.2, -0.15) is 0 Å². The van der Waals surface area contributed by atoms with Crippen LogP contribution in [-0.4, -0.2) is 36.1 Å². The number of rotatable bonds is 7. The molecule has 1 unspecified atom stereocenters. The molecule has 1 atom stereocenters. The molecule has 0 aliphatic heterocycles. The highest BCUT2D eigenvalue weighted by molar-refractivity contribution is 5.98. The molecular weight excluding hydrogens is 244 g/mol. The van der Waals surface area contributed by atoms with Crippen LogP contribution < -0.4 is 10.2 Å². The van der Waals surface area contributed by atoms with E-state index in [1.54, 1.807) is 24.3 Å². The van der Waals surface area contributed by atoms with Gasteiger partial charge in [0.25, 0.3) is 0 Å². The number of anilines is 1. The highest BCUT2D eigenvalue weighted by atomic mass is 16.4. The lowest BCUT2D eigenvalue weighted by molar-refractivity contribution is -0.136. The molecule has 19 heavy (non-hydrogen) atoms. The maximum Gasteiger partial charge on any atom is 0.323 e. The van der Waals surface area contributed by atoms with Crippen molar-refractivity contribution in [3.05, 3.63) is 30.3 Å². The van der Waals surface area contributed by atoms with Crippen molar-refractivity contribution >= 4 is 17.6 Å². The van der Waals surface area contributed by atoms with E-state index in [0.29, 0.717) is 5.69 Å². The van der Waals surface area contributed by atoms with Crippen molar-refractivity contribution in [3.8, 4) is 0 Å².